The SMILES string of the molecule is Nc1nc(SCC(=O)NC(=O)NC2CCCC2)n[nH]1. The molecule has 0 aromatic carbocycles. The molecule has 5 N–H and O–H groups in total. The molecule has 3 amide bonds. The maximum absolute atomic E-state index is 11.5. The summed E-state index contributed by atoms with van der Waals surface area (Å²) >= 11 is 1.11. The lowest BCUT2D eigenvalue weighted by Crippen LogP contribution is -2.44. The third-order valence-electron chi connectivity index (χ3n) is 2.76. The summed E-state index contributed by atoms with van der Waals surface area (Å²) in [6, 6.07) is -0.250. The Hall–Kier alpha value is -1.77. The topological polar surface area (TPSA) is 126 Å². The standard InChI is InChI=1S/C10H16N6O2S/c11-8-14-10(16-15-8)19-5-7(17)13-9(18)12-6-3-1-2-4-6/h6H,1-5H2,(H3,11,14,15,16)(H2,12,13,17,18). The van der Waals surface area contributed by atoms with Gasteiger partial charge in [-0.3, -0.25) is 10.1 Å². The number of H-pyrrole nitrogens is 1. The van der Waals surface area contributed by atoms with Crippen LogP contribution in [0.2, 0.25) is 0 Å². The minimum absolute atomic E-state index is 0.0649. The summed E-state index contributed by atoms with van der Waals surface area (Å²) in [5.74, 6) is -0.124. The number of hydrogen-bond donors (Lipinski definition) is 4. The van der Waals surface area contributed by atoms with Crippen molar-refractivity contribution in [3.8, 4) is 0 Å². The monoisotopic (exact) mass is 284 g/mol. The number of urea groups is 1. The second-order valence-corrected chi connectivity index (χ2v) is 5.24. The number of carbonyl (C=O) groups is 2. The summed E-state index contributed by atoms with van der Waals surface area (Å²) in [6.45, 7) is 0. The summed E-state index contributed by atoms with van der Waals surface area (Å²) in [4.78, 5) is 26.9. The number of carbonyl (C=O) groups excluding carboxylic acids is 2. The molecule has 0 bridgehead atoms. The van der Waals surface area contributed by atoms with Gasteiger partial charge in [-0.15, -0.1) is 5.10 Å². The van der Waals surface area contributed by atoms with Crippen LogP contribution in [0, 0.1) is 0 Å². The zero-order valence-corrected chi connectivity index (χ0v) is 11.1. The van der Waals surface area contributed by atoms with E-state index in [1.54, 1.807) is 0 Å². The van der Waals surface area contributed by atoms with Crippen molar-refractivity contribution in [1.29, 1.82) is 0 Å². The highest BCUT2D eigenvalue weighted by atomic mass is 32.2. The average molecular weight is 284 g/mol. The van der Waals surface area contributed by atoms with Gasteiger partial charge in [0.25, 0.3) is 0 Å². The highest BCUT2D eigenvalue weighted by molar-refractivity contribution is 7.99. The van der Waals surface area contributed by atoms with Crippen molar-refractivity contribution >= 4 is 29.6 Å². The molecule has 2 rings (SSSR count). The molecule has 1 heterocycles. The number of nitrogens with zero attached hydrogens (tertiary/aromatic N) is 2. The molecule has 0 saturated heterocycles. The van der Waals surface area contributed by atoms with Crippen molar-refractivity contribution in [1.82, 2.24) is 25.8 Å². The summed E-state index contributed by atoms with van der Waals surface area (Å²) in [5.41, 5.74) is 5.35. The van der Waals surface area contributed by atoms with Crippen LogP contribution in [0.25, 0.3) is 0 Å². The number of anilines is 1. The summed E-state index contributed by atoms with van der Waals surface area (Å²) in [6.07, 6.45) is 4.21. The van der Waals surface area contributed by atoms with Crippen molar-refractivity contribution in [2.24, 2.45) is 0 Å². The molecule has 1 aromatic heterocycles. The Bertz CT molecular complexity index is 457. The van der Waals surface area contributed by atoms with Crippen LogP contribution in [0.5, 0.6) is 0 Å². The molecule has 0 aliphatic heterocycles. The Labute approximate surface area is 114 Å². The van der Waals surface area contributed by atoms with Crippen LogP contribution >= 0.6 is 11.8 Å². The van der Waals surface area contributed by atoms with Crippen LogP contribution < -0.4 is 16.4 Å². The number of imide groups is 1. The van der Waals surface area contributed by atoms with Crippen molar-refractivity contribution in [3.63, 3.8) is 0 Å². The van der Waals surface area contributed by atoms with Crippen molar-refractivity contribution in [2.45, 2.75) is 36.9 Å². The lowest BCUT2D eigenvalue weighted by Gasteiger charge is -2.11. The molecule has 8 nitrogen and oxygen atoms in total. The molecule has 9 heteroatoms. The Kier molecular flexibility index (Phi) is 4.61. The van der Waals surface area contributed by atoms with E-state index in [9.17, 15) is 9.59 Å². The largest absolute Gasteiger partial charge is 0.368 e. The van der Waals surface area contributed by atoms with Gasteiger partial charge >= 0.3 is 6.03 Å². The molecule has 0 spiro atoms. The second kappa shape index (κ2) is 6.41. The molecule has 1 aromatic rings. The molecule has 0 atom stereocenters. The first kappa shape index (κ1) is 13.7. The van der Waals surface area contributed by atoms with Crippen molar-refractivity contribution in [3.05, 3.63) is 0 Å². The molecule has 1 aliphatic rings. The number of thioether (sulfide) groups is 1. The number of aromatic nitrogens is 3. The number of nitrogens with two attached hydrogens (primary N) is 1. The number of aromatic amines is 1. The van der Waals surface area contributed by atoms with Gasteiger partial charge in [0.15, 0.2) is 0 Å². The smallest absolute Gasteiger partial charge is 0.321 e. The molecule has 1 saturated carbocycles. The fraction of sp³-hybridized carbons (Fsp3) is 0.600. The summed E-state index contributed by atoms with van der Waals surface area (Å²) in [7, 11) is 0. The number of nitrogens with one attached hydrogen (secondary N) is 3. The van der Waals surface area contributed by atoms with Crippen LogP contribution in [0.4, 0.5) is 10.7 Å². The lowest BCUT2D eigenvalue weighted by molar-refractivity contribution is -0.117. The predicted molar refractivity (Wildman–Crippen MR) is 70.4 cm³/mol. The first-order valence-electron chi connectivity index (χ1n) is 6.04. The van der Waals surface area contributed by atoms with Gasteiger partial charge in [-0.05, 0) is 12.8 Å². The van der Waals surface area contributed by atoms with E-state index >= 15 is 0 Å². The third-order valence-corrected chi connectivity index (χ3v) is 3.61. The van der Waals surface area contributed by atoms with Crippen molar-refractivity contribution in [2.75, 3.05) is 11.5 Å². The molecule has 1 aliphatic carbocycles. The van der Waals surface area contributed by atoms with Gasteiger partial charge in [-0.1, -0.05) is 24.6 Å². The Morgan fingerprint density at radius 1 is 1.42 bits per heavy atom. The quantitative estimate of drug-likeness (QED) is 0.587. The second-order valence-electron chi connectivity index (χ2n) is 4.29. The van der Waals surface area contributed by atoms with Gasteiger partial charge < -0.3 is 11.1 Å². The molecular weight excluding hydrogens is 268 g/mol. The number of hydrogen-bond acceptors (Lipinski definition) is 6. The highest BCUT2D eigenvalue weighted by Gasteiger charge is 2.18. The minimum Gasteiger partial charge on any atom is -0.368 e. The Balaban J connectivity index is 1.67. The molecule has 0 radical (unpaired) electrons. The van der Waals surface area contributed by atoms with Gasteiger partial charge in [0.1, 0.15) is 0 Å². The third kappa shape index (κ3) is 4.43. The van der Waals surface area contributed by atoms with E-state index in [4.69, 9.17) is 5.73 Å². The molecule has 0 unspecified atom stereocenters. The van der Waals surface area contributed by atoms with E-state index in [0.29, 0.717) is 5.16 Å². The molecule has 104 valence electrons. The zero-order valence-electron chi connectivity index (χ0n) is 10.3. The van der Waals surface area contributed by atoms with Crippen LogP contribution in [0.15, 0.2) is 5.16 Å². The van der Waals surface area contributed by atoms with Gasteiger partial charge in [0, 0.05) is 6.04 Å². The Morgan fingerprint density at radius 2 is 2.16 bits per heavy atom. The average Bonchev–Trinajstić information content (AvgIpc) is 2.98. The molecule has 1 fully saturated rings. The lowest BCUT2D eigenvalue weighted by atomic mass is 10.2. The Morgan fingerprint density at radius 3 is 2.79 bits per heavy atom. The van der Waals surface area contributed by atoms with E-state index in [-0.39, 0.29) is 23.7 Å². The van der Waals surface area contributed by atoms with Gasteiger partial charge in [-0.2, -0.15) is 4.98 Å². The van der Waals surface area contributed by atoms with Crippen LogP contribution in [-0.2, 0) is 4.79 Å². The van der Waals surface area contributed by atoms with E-state index in [2.05, 4.69) is 25.8 Å². The highest BCUT2D eigenvalue weighted by Crippen LogP contribution is 2.17. The van der Waals surface area contributed by atoms with E-state index in [0.717, 1.165) is 37.4 Å². The molecule has 19 heavy (non-hydrogen) atoms. The fourth-order valence-corrected chi connectivity index (χ4v) is 2.51. The minimum atomic E-state index is -0.438. The predicted octanol–water partition coefficient (Wildman–Crippen LogP) is 0.247. The van der Waals surface area contributed by atoms with Gasteiger partial charge in [-0.25, -0.2) is 9.89 Å². The summed E-state index contributed by atoms with van der Waals surface area (Å²) in [5, 5.41) is 11.7. The van der Waals surface area contributed by atoms with Gasteiger partial charge in [0.2, 0.25) is 17.0 Å². The van der Waals surface area contributed by atoms with Crippen molar-refractivity contribution < 1.29 is 9.59 Å². The maximum atomic E-state index is 11.5. The van der Waals surface area contributed by atoms with E-state index in [1.165, 1.54) is 0 Å². The van der Waals surface area contributed by atoms with Crippen LogP contribution in [0.3, 0.4) is 0 Å². The van der Waals surface area contributed by atoms with E-state index < -0.39 is 6.03 Å². The maximum Gasteiger partial charge on any atom is 0.321 e. The first-order valence-corrected chi connectivity index (χ1v) is 7.03. The summed E-state index contributed by atoms with van der Waals surface area (Å²) < 4.78 is 0. The first-order chi connectivity index (χ1) is 9.13. The van der Waals surface area contributed by atoms with Crippen LogP contribution in [0.1, 0.15) is 25.7 Å². The normalized spacial score (nSPS) is 15.4. The molecular formula is C10H16N6O2S. The number of amides is 3. The number of rotatable bonds is 4. The fourth-order valence-electron chi connectivity index (χ4n) is 1.91. The van der Waals surface area contributed by atoms with Gasteiger partial charge in [0.05, 0.1) is 5.75 Å². The number of nitrogen functional groups attached to an aromatic ring is 1. The zero-order chi connectivity index (χ0) is 13.7. The van der Waals surface area contributed by atoms with E-state index in [1.807, 2.05) is 0 Å². The van der Waals surface area contributed by atoms with Crippen LogP contribution in [-0.4, -0.2) is 38.9 Å².